The number of nitriles is 1. The quantitative estimate of drug-likeness (QED) is 0.637. The SMILES string of the molecule is CS(=O)(=O)OCC1(C#N)CCOCC1. The lowest BCUT2D eigenvalue weighted by Gasteiger charge is -2.29. The smallest absolute Gasteiger partial charge is 0.264 e. The number of rotatable bonds is 3. The van der Waals surface area contributed by atoms with E-state index in [1.807, 2.05) is 0 Å². The van der Waals surface area contributed by atoms with Crippen LogP contribution in [0, 0.1) is 16.7 Å². The van der Waals surface area contributed by atoms with Gasteiger partial charge in [0.05, 0.1) is 24.3 Å². The first-order valence-corrected chi connectivity index (χ1v) is 6.13. The maximum Gasteiger partial charge on any atom is 0.264 e. The molecule has 6 heteroatoms. The molecule has 1 fully saturated rings. The van der Waals surface area contributed by atoms with E-state index >= 15 is 0 Å². The van der Waals surface area contributed by atoms with Crippen molar-refractivity contribution in [2.75, 3.05) is 26.1 Å². The molecule has 0 unspecified atom stereocenters. The highest BCUT2D eigenvalue weighted by Crippen LogP contribution is 2.30. The molecule has 0 radical (unpaired) electrons. The fraction of sp³-hybridized carbons (Fsp3) is 0.875. The summed E-state index contributed by atoms with van der Waals surface area (Å²) in [5.41, 5.74) is -0.693. The zero-order valence-corrected chi connectivity index (χ0v) is 8.84. The van der Waals surface area contributed by atoms with Crippen LogP contribution in [0.25, 0.3) is 0 Å². The van der Waals surface area contributed by atoms with Crippen molar-refractivity contribution in [2.45, 2.75) is 12.8 Å². The van der Waals surface area contributed by atoms with Crippen molar-refractivity contribution in [3.8, 4) is 6.07 Å². The minimum Gasteiger partial charge on any atom is -0.381 e. The Bertz CT molecular complexity index is 324. The van der Waals surface area contributed by atoms with Crippen molar-refractivity contribution in [3.63, 3.8) is 0 Å². The molecule has 0 atom stereocenters. The molecule has 80 valence electrons. The monoisotopic (exact) mass is 219 g/mol. The molecule has 0 aromatic carbocycles. The van der Waals surface area contributed by atoms with E-state index in [-0.39, 0.29) is 6.61 Å². The fourth-order valence-electron chi connectivity index (χ4n) is 1.27. The molecule has 5 nitrogen and oxygen atoms in total. The highest BCUT2D eigenvalue weighted by atomic mass is 32.2. The molecule has 0 aromatic heterocycles. The minimum absolute atomic E-state index is 0.0638. The molecule has 0 aromatic rings. The molecule has 1 aliphatic rings. The molecule has 0 amide bonds. The summed E-state index contributed by atoms with van der Waals surface area (Å²) in [5.74, 6) is 0. The minimum atomic E-state index is -3.46. The van der Waals surface area contributed by atoms with Gasteiger partial charge in [-0.3, -0.25) is 4.18 Å². The van der Waals surface area contributed by atoms with E-state index in [1.54, 1.807) is 0 Å². The van der Waals surface area contributed by atoms with Gasteiger partial charge in [0, 0.05) is 13.2 Å². The van der Waals surface area contributed by atoms with E-state index in [9.17, 15) is 8.42 Å². The maximum absolute atomic E-state index is 10.8. The van der Waals surface area contributed by atoms with Crippen LogP contribution in [-0.4, -0.2) is 34.5 Å². The Morgan fingerprint density at radius 1 is 1.50 bits per heavy atom. The lowest BCUT2D eigenvalue weighted by atomic mass is 9.83. The van der Waals surface area contributed by atoms with Gasteiger partial charge in [0.15, 0.2) is 0 Å². The second-order valence-corrected chi connectivity index (χ2v) is 5.11. The van der Waals surface area contributed by atoms with Crippen LogP contribution in [0.5, 0.6) is 0 Å². The first kappa shape index (κ1) is 11.4. The summed E-state index contributed by atoms with van der Waals surface area (Å²) >= 11 is 0. The van der Waals surface area contributed by atoms with Gasteiger partial charge in [-0.25, -0.2) is 0 Å². The third-order valence-electron chi connectivity index (χ3n) is 2.24. The molecule has 0 saturated carbocycles. The summed E-state index contributed by atoms with van der Waals surface area (Å²) in [5, 5.41) is 8.96. The first-order valence-electron chi connectivity index (χ1n) is 4.31. The summed E-state index contributed by atoms with van der Waals surface area (Å²) in [7, 11) is -3.46. The van der Waals surface area contributed by atoms with Gasteiger partial charge in [0.1, 0.15) is 0 Å². The maximum atomic E-state index is 10.8. The third-order valence-corrected chi connectivity index (χ3v) is 2.78. The predicted octanol–water partition coefficient (Wildman–Crippen LogP) is 0.283. The average molecular weight is 219 g/mol. The average Bonchev–Trinajstić information content (AvgIpc) is 2.15. The summed E-state index contributed by atoms with van der Waals surface area (Å²) in [6.07, 6.45) is 2.04. The first-order chi connectivity index (χ1) is 6.47. The summed E-state index contributed by atoms with van der Waals surface area (Å²) in [6, 6.07) is 2.12. The predicted molar refractivity (Wildman–Crippen MR) is 48.9 cm³/mol. The van der Waals surface area contributed by atoms with Gasteiger partial charge < -0.3 is 4.74 Å². The number of hydrogen-bond donors (Lipinski definition) is 0. The number of hydrogen-bond acceptors (Lipinski definition) is 5. The number of nitrogens with zero attached hydrogens (tertiary/aromatic N) is 1. The molecule has 1 saturated heterocycles. The van der Waals surface area contributed by atoms with E-state index in [4.69, 9.17) is 10.00 Å². The van der Waals surface area contributed by atoms with Gasteiger partial charge in [-0.15, -0.1) is 0 Å². The Kier molecular flexibility index (Phi) is 3.48. The van der Waals surface area contributed by atoms with Crippen molar-refractivity contribution >= 4 is 10.1 Å². The van der Waals surface area contributed by atoms with E-state index in [0.29, 0.717) is 26.1 Å². The van der Waals surface area contributed by atoms with Gasteiger partial charge in [0.25, 0.3) is 10.1 Å². The fourth-order valence-corrected chi connectivity index (χ4v) is 1.71. The van der Waals surface area contributed by atoms with Crippen molar-refractivity contribution < 1.29 is 17.3 Å². The van der Waals surface area contributed by atoms with Crippen LogP contribution in [0.3, 0.4) is 0 Å². The van der Waals surface area contributed by atoms with Crippen LogP contribution >= 0.6 is 0 Å². The van der Waals surface area contributed by atoms with Crippen LogP contribution in [-0.2, 0) is 19.0 Å². The van der Waals surface area contributed by atoms with E-state index in [2.05, 4.69) is 10.3 Å². The molecule has 14 heavy (non-hydrogen) atoms. The highest BCUT2D eigenvalue weighted by molar-refractivity contribution is 7.85. The van der Waals surface area contributed by atoms with Gasteiger partial charge in [-0.1, -0.05) is 0 Å². The van der Waals surface area contributed by atoms with Crippen LogP contribution in [0.15, 0.2) is 0 Å². The van der Waals surface area contributed by atoms with Crippen molar-refractivity contribution in [2.24, 2.45) is 5.41 Å². The molecule has 0 bridgehead atoms. The van der Waals surface area contributed by atoms with Crippen LogP contribution < -0.4 is 0 Å². The molecule has 1 rings (SSSR count). The molecule has 0 aliphatic carbocycles. The summed E-state index contributed by atoms with van der Waals surface area (Å²) in [6.45, 7) is 0.910. The van der Waals surface area contributed by atoms with E-state index in [1.165, 1.54) is 0 Å². The van der Waals surface area contributed by atoms with Crippen molar-refractivity contribution in [3.05, 3.63) is 0 Å². The van der Waals surface area contributed by atoms with Crippen LogP contribution in [0.4, 0.5) is 0 Å². The third kappa shape index (κ3) is 3.25. The van der Waals surface area contributed by atoms with Gasteiger partial charge in [0.2, 0.25) is 0 Å². The second-order valence-electron chi connectivity index (χ2n) is 3.47. The van der Waals surface area contributed by atoms with Gasteiger partial charge in [-0.2, -0.15) is 13.7 Å². The standard InChI is InChI=1S/C8H13NO4S/c1-14(10,11)13-7-8(6-9)2-4-12-5-3-8/h2-5,7H2,1H3. The molecular weight excluding hydrogens is 206 g/mol. The zero-order chi connectivity index (χ0) is 10.7. The Hall–Kier alpha value is -0.640. The molecule has 1 heterocycles. The van der Waals surface area contributed by atoms with Crippen molar-refractivity contribution in [1.82, 2.24) is 0 Å². The largest absolute Gasteiger partial charge is 0.381 e. The molecule has 0 spiro atoms. The highest BCUT2D eigenvalue weighted by Gasteiger charge is 2.34. The topological polar surface area (TPSA) is 76.4 Å². The van der Waals surface area contributed by atoms with E-state index < -0.39 is 15.5 Å². The summed E-state index contributed by atoms with van der Waals surface area (Å²) < 4.78 is 31.3. The van der Waals surface area contributed by atoms with Gasteiger partial charge >= 0.3 is 0 Å². The van der Waals surface area contributed by atoms with Crippen LogP contribution in [0.1, 0.15) is 12.8 Å². The Morgan fingerprint density at radius 2 is 2.07 bits per heavy atom. The van der Waals surface area contributed by atoms with Crippen molar-refractivity contribution in [1.29, 1.82) is 5.26 Å². The Balaban J connectivity index is 2.58. The lowest BCUT2D eigenvalue weighted by molar-refractivity contribution is 0.0204. The molecule has 0 N–H and O–H groups in total. The number of ether oxygens (including phenoxy) is 1. The normalized spacial score (nSPS) is 21.4. The molecule has 1 aliphatic heterocycles. The Morgan fingerprint density at radius 3 is 2.50 bits per heavy atom. The Labute approximate surface area is 83.7 Å². The summed E-state index contributed by atoms with van der Waals surface area (Å²) in [4.78, 5) is 0. The van der Waals surface area contributed by atoms with E-state index in [0.717, 1.165) is 6.26 Å². The molecular formula is C8H13NO4S. The second kappa shape index (κ2) is 4.26. The zero-order valence-electron chi connectivity index (χ0n) is 8.02. The van der Waals surface area contributed by atoms with Crippen LogP contribution in [0.2, 0.25) is 0 Å². The van der Waals surface area contributed by atoms with Gasteiger partial charge in [-0.05, 0) is 12.8 Å². The lowest BCUT2D eigenvalue weighted by Crippen LogP contribution is -2.33.